The molecule has 1 aromatic heterocycles. The maximum atomic E-state index is 6.16. The van der Waals surface area contributed by atoms with Gasteiger partial charge in [0.1, 0.15) is 0 Å². The first-order chi connectivity index (χ1) is 8.72. The molecule has 0 radical (unpaired) electrons. The van der Waals surface area contributed by atoms with E-state index in [2.05, 4.69) is 38.8 Å². The quantitative estimate of drug-likeness (QED) is 0.732. The topological polar surface area (TPSA) is 12.0 Å². The second-order valence-corrected chi connectivity index (χ2v) is 6.99. The van der Waals surface area contributed by atoms with Crippen LogP contribution in [-0.2, 0) is 0 Å². The number of thioether (sulfide) groups is 1. The molecule has 1 N–H and O–H groups in total. The highest BCUT2D eigenvalue weighted by molar-refractivity contribution is 9.10. The van der Waals surface area contributed by atoms with Gasteiger partial charge in [-0.05, 0) is 46.6 Å². The molecule has 0 fully saturated rings. The van der Waals surface area contributed by atoms with Crippen LogP contribution in [0.5, 0.6) is 0 Å². The standard InChI is InChI=1S/C13H13BrClNS2/c1-16-11(13-9(14)6-7-17-13)8-18-12-5-3-2-4-10(12)15/h2-7,11,16H,8H2,1H3. The number of hydrogen-bond donors (Lipinski definition) is 1. The largest absolute Gasteiger partial charge is 0.312 e. The van der Waals surface area contributed by atoms with Crippen LogP contribution in [-0.4, -0.2) is 12.8 Å². The molecule has 0 saturated carbocycles. The molecule has 1 unspecified atom stereocenters. The lowest BCUT2D eigenvalue weighted by atomic mass is 10.3. The van der Waals surface area contributed by atoms with Gasteiger partial charge >= 0.3 is 0 Å². The number of hydrogen-bond acceptors (Lipinski definition) is 3. The van der Waals surface area contributed by atoms with Crippen molar-refractivity contribution in [2.75, 3.05) is 12.8 Å². The van der Waals surface area contributed by atoms with Crippen LogP contribution in [0.2, 0.25) is 5.02 Å². The van der Waals surface area contributed by atoms with Crippen molar-refractivity contribution in [3.63, 3.8) is 0 Å². The van der Waals surface area contributed by atoms with E-state index in [0.717, 1.165) is 15.7 Å². The van der Waals surface area contributed by atoms with Crippen molar-refractivity contribution in [1.29, 1.82) is 0 Å². The summed E-state index contributed by atoms with van der Waals surface area (Å²) in [5.74, 6) is 0.958. The van der Waals surface area contributed by atoms with E-state index < -0.39 is 0 Å². The zero-order valence-corrected chi connectivity index (χ0v) is 13.8. The molecule has 0 amide bonds. The molecular weight excluding hydrogens is 350 g/mol. The molecule has 0 bridgehead atoms. The molecule has 18 heavy (non-hydrogen) atoms. The first-order valence-corrected chi connectivity index (χ1v) is 8.53. The Balaban J connectivity index is 2.05. The molecule has 0 spiro atoms. The summed E-state index contributed by atoms with van der Waals surface area (Å²) in [6.07, 6.45) is 0. The highest BCUT2D eigenvalue weighted by atomic mass is 79.9. The van der Waals surface area contributed by atoms with Crippen molar-refractivity contribution in [2.24, 2.45) is 0 Å². The van der Waals surface area contributed by atoms with Gasteiger partial charge in [-0.1, -0.05) is 23.7 Å². The Hall–Kier alpha value is -0.000000000000000111. The summed E-state index contributed by atoms with van der Waals surface area (Å²) < 4.78 is 1.17. The number of benzene rings is 1. The van der Waals surface area contributed by atoms with Crippen LogP contribution in [0.25, 0.3) is 0 Å². The van der Waals surface area contributed by atoms with Crippen LogP contribution in [0.4, 0.5) is 0 Å². The Morgan fingerprint density at radius 3 is 2.78 bits per heavy atom. The minimum Gasteiger partial charge on any atom is -0.312 e. The van der Waals surface area contributed by atoms with E-state index in [1.165, 1.54) is 9.35 Å². The van der Waals surface area contributed by atoms with Crippen molar-refractivity contribution in [2.45, 2.75) is 10.9 Å². The first-order valence-electron chi connectivity index (χ1n) is 5.50. The zero-order valence-electron chi connectivity index (χ0n) is 9.82. The smallest absolute Gasteiger partial charge is 0.0541 e. The van der Waals surface area contributed by atoms with E-state index in [4.69, 9.17) is 11.6 Å². The molecule has 1 heterocycles. The van der Waals surface area contributed by atoms with Crippen molar-refractivity contribution >= 4 is 50.6 Å². The van der Waals surface area contributed by atoms with Gasteiger partial charge < -0.3 is 5.32 Å². The molecule has 0 aliphatic heterocycles. The minimum absolute atomic E-state index is 0.334. The van der Waals surface area contributed by atoms with Gasteiger partial charge in [-0.2, -0.15) is 0 Å². The Morgan fingerprint density at radius 2 is 2.17 bits per heavy atom. The van der Waals surface area contributed by atoms with Crippen LogP contribution >= 0.6 is 50.6 Å². The molecule has 0 saturated heterocycles. The Morgan fingerprint density at radius 1 is 1.39 bits per heavy atom. The van der Waals surface area contributed by atoms with E-state index in [1.54, 1.807) is 23.1 Å². The van der Waals surface area contributed by atoms with Crippen molar-refractivity contribution in [3.05, 3.63) is 50.1 Å². The lowest BCUT2D eigenvalue weighted by Crippen LogP contribution is -2.17. The fraction of sp³-hybridized carbons (Fsp3) is 0.231. The molecule has 2 aromatic rings. The summed E-state index contributed by atoms with van der Waals surface area (Å²) in [5.41, 5.74) is 0. The van der Waals surface area contributed by atoms with E-state index >= 15 is 0 Å². The van der Waals surface area contributed by atoms with Gasteiger partial charge in [0.25, 0.3) is 0 Å². The molecule has 1 atom stereocenters. The summed E-state index contributed by atoms with van der Waals surface area (Å²) in [6, 6.07) is 10.4. The van der Waals surface area contributed by atoms with Gasteiger partial charge in [0.05, 0.1) is 11.1 Å². The van der Waals surface area contributed by atoms with Crippen molar-refractivity contribution < 1.29 is 0 Å². The SMILES string of the molecule is CNC(CSc1ccccc1Cl)c1sccc1Br. The lowest BCUT2D eigenvalue weighted by molar-refractivity contribution is 0.671. The van der Waals surface area contributed by atoms with Crippen molar-refractivity contribution in [3.8, 4) is 0 Å². The van der Waals surface area contributed by atoms with Gasteiger partial charge in [-0.3, -0.25) is 0 Å². The molecule has 2 rings (SSSR count). The number of rotatable bonds is 5. The van der Waals surface area contributed by atoms with Gasteiger partial charge in [0, 0.05) is 20.0 Å². The average Bonchev–Trinajstić information content (AvgIpc) is 2.79. The second kappa shape index (κ2) is 6.96. The molecule has 1 aromatic carbocycles. The van der Waals surface area contributed by atoms with Crippen LogP contribution in [0.15, 0.2) is 45.1 Å². The minimum atomic E-state index is 0.334. The third-order valence-corrected chi connectivity index (χ3v) is 6.14. The Labute approximate surface area is 129 Å². The summed E-state index contributed by atoms with van der Waals surface area (Å²) in [7, 11) is 1.99. The lowest BCUT2D eigenvalue weighted by Gasteiger charge is -2.15. The summed E-state index contributed by atoms with van der Waals surface area (Å²) >= 11 is 13.3. The molecule has 1 nitrogen and oxygen atoms in total. The van der Waals surface area contributed by atoms with Gasteiger partial charge in [0.2, 0.25) is 0 Å². The van der Waals surface area contributed by atoms with E-state index in [1.807, 2.05) is 25.2 Å². The van der Waals surface area contributed by atoms with Crippen LogP contribution < -0.4 is 5.32 Å². The van der Waals surface area contributed by atoms with Crippen LogP contribution in [0, 0.1) is 0 Å². The van der Waals surface area contributed by atoms with Gasteiger partial charge in [-0.15, -0.1) is 23.1 Å². The number of nitrogens with one attached hydrogen (secondary N) is 1. The third-order valence-electron chi connectivity index (χ3n) is 2.55. The fourth-order valence-electron chi connectivity index (χ4n) is 1.58. The van der Waals surface area contributed by atoms with Crippen LogP contribution in [0.3, 0.4) is 0 Å². The summed E-state index contributed by atoms with van der Waals surface area (Å²) in [5, 5.41) is 6.27. The molecule has 0 aliphatic rings. The Kier molecular flexibility index (Phi) is 5.57. The predicted molar refractivity (Wildman–Crippen MR) is 86.0 cm³/mol. The summed E-state index contributed by atoms with van der Waals surface area (Å²) in [6.45, 7) is 0. The average molecular weight is 363 g/mol. The molecule has 96 valence electrons. The highest BCUT2D eigenvalue weighted by Crippen LogP contribution is 2.34. The predicted octanol–water partition coefficient (Wildman–Crippen LogP) is 5.22. The van der Waals surface area contributed by atoms with E-state index in [-0.39, 0.29) is 0 Å². The maximum absolute atomic E-state index is 6.16. The third kappa shape index (κ3) is 3.52. The highest BCUT2D eigenvalue weighted by Gasteiger charge is 2.14. The van der Waals surface area contributed by atoms with Gasteiger partial charge in [-0.25, -0.2) is 0 Å². The van der Waals surface area contributed by atoms with E-state index in [9.17, 15) is 0 Å². The molecule has 0 aliphatic carbocycles. The number of halogens is 2. The summed E-state index contributed by atoms with van der Waals surface area (Å²) in [4.78, 5) is 2.46. The fourth-order valence-corrected chi connectivity index (χ4v) is 4.80. The monoisotopic (exact) mass is 361 g/mol. The maximum Gasteiger partial charge on any atom is 0.0541 e. The van der Waals surface area contributed by atoms with Crippen molar-refractivity contribution in [1.82, 2.24) is 5.32 Å². The Bertz CT molecular complexity index is 515. The zero-order chi connectivity index (χ0) is 13.0. The number of thiophene rings is 1. The first kappa shape index (κ1) is 14.4. The van der Waals surface area contributed by atoms with E-state index in [0.29, 0.717) is 6.04 Å². The molecule has 5 heteroatoms. The van der Waals surface area contributed by atoms with Crippen LogP contribution in [0.1, 0.15) is 10.9 Å². The normalized spacial score (nSPS) is 12.6. The molecular formula is C13H13BrClNS2. The second-order valence-electron chi connectivity index (χ2n) is 3.72. The van der Waals surface area contributed by atoms with Gasteiger partial charge in [0.15, 0.2) is 0 Å².